The van der Waals surface area contributed by atoms with Crippen molar-refractivity contribution in [2.75, 3.05) is 77.6 Å². The van der Waals surface area contributed by atoms with Gasteiger partial charge in [-0.2, -0.15) is 0 Å². The Bertz CT molecular complexity index is 1530. The maximum absolute atomic E-state index is 13.2. The molecule has 0 unspecified atom stereocenters. The molecule has 3 aromatic rings. The quantitative estimate of drug-likeness (QED) is 0.440. The second-order valence-corrected chi connectivity index (χ2v) is 12.4. The van der Waals surface area contributed by atoms with E-state index in [0.717, 1.165) is 53.3 Å². The zero-order chi connectivity index (χ0) is 31.5. The van der Waals surface area contributed by atoms with Crippen molar-refractivity contribution in [2.24, 2.45) is 5.92 Å². The van der Waals surface area contributed by atoms with Gasteiger partial charge in [0.1, 0.15) is 5.82 Å². The zero-order valence-electron chi connectivity index (χ0n) is 26.0. The van der Waals surface area contributed by atoms with E-state index in [0.29, 0.717) is 72.1 Å². The maximum Gasteiger partial charge on any atom is 0.320 e. The van der Waals surface area contributed by atoms with Gasteiger partial charge in [0.25, 0.3) is 0 Å². The van der Waals surface area contributed by atoms with Gasteiger partial charge < -0.3 is 39.4 Å². The third kappa shape index (κ3) is 6.45. The fourth-order valence-electron chi connectivity index (χ4n) is 6.80. The molecule has 5 heterocycles. The molecule has 2 aromatic carbocycles. The van der Waals surface area contributed by atoms with Crippen molar-refractivity contribution in [1.29, 1.82) is 0 Å². The first-order chi connectivity index (χ1) is 22.5. The highest BCUT2D eigenvalue weighted by atomic mass is 16.5. The molecule has 0 radical (unpaired) electrons. The number of aromatic nitrogens is 2. The second-order valence-electron chi connectivity index (χ2n) is 12.4. The average Bonchev–Trinajstić information content (AvgIpc) is 3.90. The lowest BCUT2D eigenvalue weighted by atomic mass is 10.0. The minimum absolute atomic E-state index is 0.00151. The van der Waals surface area contributed by atoms with Gasteiger partial charge in [-0.1, -0.05) is 36.4 Å². The van der Waals surface area contributed by atoms with Crippen LogP contribution in [0.2, 0.25) is 0 Å². The zero-order valence-corrected chi connectivity index (χ0v) is 26.0. The topological polar surface area (TPSA) is 123 Å². The molecule has 4 saturated heterocycles. The summed E-state index contributed by atoms with van der Waals surface area (Å²) in [6.45, 7) is 6.55. The fraction of sp³-hybridized carbons (Fsp3) is 0.471. The number of benzene rings is 2. The van der Waals surface area contributed by atoms with Crippen molar-refractivity contribution in [1.82, 2.24) is 29.6 Å². The first-order valence-electron chi connectivity index (χ1n) is 16.3. The monoisotopic (exact) mass is 627 g/mol. The van der Waals surface area contributed by atoms with Gasteiger partial charge in [0.2, 0.25) is 5.91 Å². The molecule has 0 saturated carbocycles. The van der Waals surface area contributed by atoms with E-state index in [1.165, 1.54) is 0 Å². The molecule has 1 aromatic heterocycles. The Morgan fingerprint density at radius 3 is 2.00 bits per heavy atom. The van der Waals surface area contributed by atoms with Gasteiger partial charge >= 0.3 is 12.1 Å². The molecule has 5 amide bonds. The maximum atomic E-state index is 13.2. The van der Waals surface area contributed by atoms with Crippen LogP contribution in [-0.2, 0) is 14.3 Å². The fourth-order valence-corrected chi connectivity index (χ4v) is 6.80. The molecule has 2 atom stereocenters. The summed E-state index contributed by atoms with van der Waals surface area (Å²) in [5, 5.41) is 3.03. The highest BCUT2D eigenvalue weighted by Gasteiger charge is 2.35. The molecule has 46 heavy (non-hydrogen) atoms. The molecule has 0 bridgehead atoms. The lowest BCUT2D eigenvalue weighted by Gasteiger charge is -2.33. The Labute approximate surface area is 268 Å². The number of amides is 5. The van der Waals surface area contributed by atoms with Crippen molar-refractivity contribution in [3.63, 3.8) is 0 Å². The third-order valence-corrected chi connectivity index (χ3v) is 9.48. The SMILES string of the molecule is O=C(Nc1ccc(-c2ccc(-c3cnc([C@@H]4CCCN4C(=O)N4CCOCC4)[nH]3)cc2)cc1)[C@H]1CCN(C(=O)N2CCOCC2)C1. The Morgan fingerprint density at radius 2 is 1.33 bits per heavy atom. The average molecular weight is 628 g/mol. The Morgan fingerprint density at radius 1 is 0.717 bits per heavy atom. The molecule has 242 valence electrons. The molecule has 4 aliphatic rings. The van der Waals surface area contributed by atoms with Gasteiger partial charge in [-0.25, -0.2) is 14.6 Å². The third-order valence-electron chi connectivity index (χ3n) is 9.48. The van der Waals surface area contributed by atoms with Crippen LogP contribution >= 0.6 is 0 Å². The highest BCUT2D eigenvalue weighted by Crippen LogP contribution is 2.33. The summed E-state index contributed by atoms with van der Waals surface area (Å²) in [4.78, 5) is 54.5. The number of imidazole rings is 1. The van der Waals surface area contributed by atoms with Crippen LogP contribution < -0.4 is 5.32 Å². The van der Waals surface area contributed by atoms with Crippen molar-refractivity contribution in [2.45, 2.75) is 25.3 Å². The summed E-state index contributed by atoms with van der Waals surface area (Å²) in [6.07, 6.45) is 4.37. The number of nitrogens with one attached hydrogen (secondary N) is 2. The van der Waals surface area contributed by atoms with Crippen LogP contribution in [0.25, 0.3) is 22.4 Å². The second kappa shape index (κ2) is 13.5. The van der Waals surface area contributed by atoms with Gasteiger partial charge in [0.05, 0.1) is 50.3 Å². The van der Waals surface area contributed by atoms with Gasteiger partial charge in [0.15, 0.2) is 0 Å². The first kappa shape index (κ1) is 30.2. The molecule has 0 aliphatic carbocycles. The van der Waals surface area contributed by atoms with E-state index in [1.807, 2.05) is 45.2 Å². The van der Waals surface area contributed by atoms with E-state index in [2.05, 4.69) is 39.6 Å². The Kier molecular flexibility index (Phi) is 8.89. The van der Waals surface area contributed by atoms with Crippen LogP contribution in [0.1, 0.15) is 31.1 Å². The van der Waals surface area contributed by atoms with E-state index in [-0.39, 0.29) is 29.9 Å². The molecule has 12 nitrogen and oxygen atoms in total. The van der Waals surface area contributed by atoms with E-state index >= 15 is 0 Å². The number of hydrogen-bond donors (Lipinski definition) is 2. The molecule has 4 aliphatic heterocycles. The van der Waals surface area contributed by atoms with Crippen molar-refractivity contribution in [3.05, 3.63) is 60.6 Å². The molecule has 7 rings (SSSR count). The molecule has 12 heteroatoms. The number of anilines is 1. The number of rotatable bonds is 5. The number of carbonyl (C=O) groups excluding carboxylic acids is 3. The largest absolute Gasteiger partial charge is 0.378 e. The smallest absolute Gasteiger partial charge is 0.320 e. The molecule has 4 fully saturated rings. The normalized spacial score (nSPS) is 21.9. The summed E-state index contributed by atoms with van der Waals surface area (Å²) < 4.78 is 10.8. The van der Waals surface area contributed by atoms with E-state index < -0.39 is 0 Å². The Balaban J connectivity index is 0.937. The minimum Gasteiger partial charge on any atom is -0.378 e. The van der Waals surface area contributed by atoms with E-state index in [9.17, 15) is 14.4 Å². The van der Waals surface area contributed by atoms with Crippen LogP contribution in [-0.4, -0.2) is 120 Å². The number of morpholine rings is 2. The van der Waals surface area contributed by atoms with Crippen LogP contribution in [0.15, 0.2) is 54.7 Å². The van der Waals surface area contributed by atoms with Crippen LogP contribution in [0.5, 0.6) is 0 Å². The predicted molar refractivity (Wildman–Crippen MR) is 172 cm³/mol. The number of urea groups is 2. The summed E-state index contributed by atoms with van der Waals surface area (Å²) in [7, 11) is 0. The summed E-state index contributed by atoms with van der Waals surface area (Å²) in [5.74, 6) is 0.548. The number of hydrogen-bond acceptors (Lipinski definition) is 6. The molecular formula is C34H41N7O5. The molecular weight excluding hydrogens is 586 g/mol. The number of carbonyl (C=O) groups is 3. The van der Waals surface area contributed by atoms with E-state index in [4.69, 9.17) is 9.47 Å². The van der Waals surface area contributed by atoms with Gasteiger partial charge in [-0.05, 0) is 48.1 Å². The van der Waals surface area contributed by atoms with Gasteiger partial charge in [0, 0.05) is 51.5 Å². The highest BCUT2D eigenvalue weighted by molar-refractivity contribution is 5.93. The predicted octanol–water partition coefficient (Wildman–Crippen LogP) is 4.05. The van der Waals surface area contributed by atoms with Crippen molar-refractivity contribution in [3.8, 4) is 22.4 Å². The summed E-state index contributed by atoms with van der Waals surface area (Å²) in [6, 6.07) is 16.1. The molecule has 2 N–H and O–H groups in total. The number of ether oxygens (including phenoxy) is 2. The van der Waals surface area contributed by atoms with Crippen LogP contribution in [0.4, 0.5) is 15.3 Å². The lowest BCUT2D eigenvalue weighted by molar-refractivity contribution is -0.119. The van der Waals surface area contributed by atoms with Crippen LogP contribution in [0.3, 0.4) is 0 Å². The minimum atomic E-state index is -0.220. The van der Waals surface area contributed by atoms with E-state index in [1.54, 1.807) is 4.90 Å². The number of H-pyrrole nitrogens is 1. The van der Waals surface area contributed by atoms with Crippen molar-refractivity contribution >= 4 is 23.7 Å². The van der Waals surface area contributed by atoms with Gasteiger partial charge in [-0.3, -0.25) is 4.79 Å². The standard InChI is InChI=1S/C34H41N7O5/c42-32(27-11-13-40(23-27)33(43)38-14-18-45-19-15-38)36-28-9-7-25(8-10-28)24-3-5-26(6-4-24)29-22-35-31(37-29)30-2-1-12-41(30)34(44)39-16-20-46-21-17-39/h3-10,22,27,30H,1-2,11-21,23H2,(H,35,37)(H,36,42)/t27-,30-/m0/s1. The van der Waals surface area contributed by atoms with Crippen LogP contribution in [0, 0.1) is 5.92 Å². The lowest BCUT2D eigenvalue weighted by Crippen LogP contribution is -2.48. The number of aromatic amines is 1. The number of nitrogens with zero attached hydrogens (tertiary/aromatic N) is 5. The molecule has 0 spiro atoms. The number of likely N-dealkylation sites (tertiary alicyclic amines) is 2. The first-order valence-corrected chi connectivity index (χ1v) is 16.3. The van der Waals surface area contributed by atoms with Crippen molar-refractivity contribution < 1.29 is 23.9 Å². The summed E-state index contributed by atoms with van der Waals surface area (Å²) in [5.41, 5.74) is 4.78. The summed E-state index contributed by atoms with van der Waals surface area (Å²) >= 11 is 0. The Hall–Kier alpha value is -4.42. The van der Waals surface area contributed by atoms with Gasteiger partial charge in [-0.15, -0.1) is 0 Å².